The normalized spacial score (nSPS) is 30.6. The lowest BCUT2D eigenvalue weighted by atomic mass is 9.94. The zero-order chi connectivity index (χ0) is 36.7. The van der Waals surface area contributed by atoms with Gasteiger partial charge in [-0.25, -0.2) is 13.2 Å². The van der Waals surface area contributed by atoms with Gasteiger partial charge in [0, 0.05) is 31.6 Å². The van der Waals surface area contributed by atoms with E-state index in [1.807, 2.05) is 12.2 Å². The Labute approximate surface area is 311 Å². The summed E-state index contributed by atoms with van der Waals surface area (Å²) in [6.45, 7) is 1.58. The van der Waals surface area contributed by atoms with Crippen LogP contribution in [0.5, 0.6) is 0 Å². The molecule has 0 spiro atoms. The van der Waals surface area contributed by atoms with Crippen molar-refractivity contribution >= 4 is 44.6 Å². The zero-order valence-electron chi connectivity index (χ0n) is 30.3. The summed E-state index contributed by atoms with van der Waals surface area (Å²) >= 11 is 0. The Balaban J connectivity index is 1.08. The highest BCUT2D eigenvalue weighted by atomic mass is 32.2. The molecule has 3 N–H and O–H groups in total. The quantitative estimate of drug-likeness (QED) is 0.364. The Hall–Kier alpha value is -3.97. The number of nitrogens with zero attached hydrogens (tertiary/aromatic N) is 2. The third-order valence-corrected chi connectivity index (χ3v) is 14.1. The number of carbonyl (C=O) groups excluding carboxylic acids is 4. The average molecular weight is 746 g/mol. The van der Waals surface area contributed by atoms with Crippen molar-refractivity contribution in [3.63, 3.8) is 0 Å². The Bertz CT molecular complexity index is 1870. The minimum absolute atomic E-state index is 0.174. The molecule has 4 unspecified atom stereocenters. The number of hydrogen-bond donors (Lipinski definition) is 3. The number of benzene rings is 2. The maximum absolute atomic E-state index is 14.7. The number of sulfonamides is 1. The summed E-state index contributed by atoms with van der Waals surface area (Å²) in [5.74, 6) is -1.93. The van der Waals surface area contributed by atoms with Crippen molar-refractivity contribution in [3.05, 3.63) is 59.7 Å². The SMILES string of the molecule is O=C(NC1CCCCC/C=C/C2CC2(C(=O)NS(=O)(=O)C2CC2)NC(=O)C2C[C@@H](N3Cc4cccc5cccc(c45)C3)CN2C1=O)OC1CCCCC1. The Kier molecular flexibility index (Phi) is 9.99. The van der Waals surface area contributed by atoms with Crippen LogP contribution in [0.2, 0.25) is 0 Å². The number of ether oxygens (including phenoxy) is 1. The molecule has 3 saturated carbocycles. The Morgan fingerprint density at radius 2 is 1.58 bits per heavy atom. The standard InChI is InChI=1S/C40H51N5O7S/c46-36-34-21-30(44-23-27-13-9-11-26-12-10-14-28(24-44)35(26)27)25-45(34)37(47)33(41-39(49)52-31-16-6-4-7-17-31)18-8-3-1-2-5-15-29-22-40(29,42-36)38(48)43-53(50,51)32-19-20-32/h5,9-15,29-34H,1-4,6-8,16-25H2,(H,41,49)(H,42,46)(H,43,48)/b15-5+/t29?,30-,33?,34?,40?/m1/s1. The molecule has 4 fully saturated rings. The number of fused-ring (bicyclic) bond motifs is 2. The van der Waals surface area contributed by atoms with Crippen LogP contribution in [0.1, 0.15) is 101 Å². The number of allylic oxidation sites excluding steroid dienone is 1. The maximum Gasteiger partial charge on any atom is 0.408 e. The van der Waals surface area contributed by atoms with E-state index in [1.165, 1.54) is 21.9 Å². The zero-order valence-corrected chi connectivity index (χ0v) is 31.1. The fraction of sp³-hybridized carbons (Fsp3) is 0.600. The summed E-state index contributed by atoms with van der Waals surface area (Å²) in [7, 11) is -3.85. The van der Waals surface area contributed by atoms with E-state index in [2.05, 4.69) is 56.7 Å². The van der Waals surface area contributed by atoms with E-state index < -0.39 is 50.8 Å². The second kappa shape index (κ2) is 14.7. The number of rotatable bonds is 6. The largest absolute Gasteiger partial charge is 0.446 e. The molecule has 13 heteroatoms. The van der Waals surface area contributed by atoms with Crippen LogP contribution in [0.3, 0.4) is 0 Å². The van der Waals surface area contributed by atoms with Gasteiger partial charge in [0.1, 0.15) is 23.7 Å². The van der Waals surface area contributed by atoms with E-state index in [1.54, 1.807) is 4.90 Å². The summed E-state index contributed by atoms with van der Waals surface area (Å²) in [5, 5.41) is 7.72. The van der Waals surface area contributed by atoms with Gasteiger partial charge in [-0.3, -0.25) is 24.0 Å². The molecule has 12 nitrogen and oxygen atoms in total. The van der Waals surface area contributed by atoms with Gasteiger partial charge in [0.25, 0.3) is 5.91 Å². The van der Waals surface area contributed by atoms with Crippen molar-refractivity contribution in [2.45, 2.75) is 138 Å². The molecule has 8 rings (SSSR count). The van der Waals surface area contributed by atoms with Crippen molar-refractivity contribution in [3.8, 4) is 0 Å². The minimum Gasteiger partial charge on any atom is -0.446 e. The molecule has 0 radical (unpaired) electrons. The first-order valence-electron chi connectivity index (χ1n) is 19.7. The van der Waals surface area contributed by atoms with Gasteiger partial charge in [0.2, 0.25) is 21.8 Å². The fourth-order valence-electron chi connectivity index (χ4n) is 9.07. The molecule has 1 saturated heterocycles. The van der Waals surface area contributed by atoms with Crippen LogP contribution < -0.4 is 15.4 Å². The fourth-order valence-corrected chi connectivity index (χ4v) is 10.4. The smallest absolute Gasteiger partial charge is 0.408 e. The average Bonchev–Trinajstić information content (AvgIpc) is 4.07. The van der Waals surface area contributed by atoms with Crippen LogP contribution in [0.25, 0.3) is 10.8 Å². The van der Waals surface area contributed by atoms with Crippen LogP contribution in [0.15, 0.2) is 48.6 Å². The predicted molar refractivity (Wildman–Crippen MR) is 199 cm³/mol. The van der Waals surface area contributed by atoms with Gasteiger partial charge in [-0.05, 0) is 92.5 Å². The second-order valence-corrected chi connectivity index (χ2v) is 18.1. The van der Waals surface area contributed by atoms with Crippen LogP contribution in [-0.2, 0) is 42.2 Å². The monoisotopic (exact) mass is 745 g/mol. The van der Waals surface area contributed by atoms with Gasteiger partial charge in [0.15, 0.2) is 0 Å². The summed E-state index contributed by atoms with van der Waals surface area (Å²) in [6.07, 6.45) is 13.0. The van der Waals surface area contributed by atoms with E-state index in [0.29, 0.717) is 45.2 Å². The molecule has 2 aromatic rings. The first-order valence-corrected chi connectivity index (χ1v) is 21.2. The molecule has 3 heterocycles. The third-order valence-electron chi connectivity index (χ3n) is 12.3. The molecule has 284 valence electrons. The van der Waals surface area contributed by atoms with Gasteiger partial charge in [-0.1, -0.05) is 67.8 Å². The number of nitrogens with one attached hydrogen (secondary N) is 3. The summed E-state index contributed by atoms with van der Waals surface area (Å²) in [4.78, 5) is 60.1. The van der Waals surface area contributed by atoms with Gasteiger partial charge >= 0.3 is 6.09 Å². The lowest BCUT2D eigenvalue weighted by molar-refractivity contribution is -0.141. The van der Waals surface area contributed by atoms with E-state index >= 15 is 0 Å². The van der Waals surface area contributed by atoms with Crippen molar-refractivity contribution < 1.29 is 32.3 Å². The van der Waals surface area contributed by atoms with Crippen molar-refractivity contribution in [1.29, 1.82) is 0 Å². The van der Waals surface area contributed by atoms with E-state index in [4.69, 9.17) is 4.74 Å². The molecule has 0 aromatic heterocycles. The first kappa shape index (κ1) is 36.0. The van der Waals surface area contributed by atoms with Crippen LogP contribution in [0, 0.1) is 5.92 Å². The number of alkyl carbamates (subject to hydrolysis) is 1. The molecular weight excluding hydrogens is 695 g/mol. The van der Waals surface area contributed by atoms with Gasteiger partial charge < -0.3 is 20.3 Å². The van der Waals surface area contributed by atoms with Crippen molar-refractivity contribution in [2.75, 3.05) is 6.54 Å². The van der Waals surface area contributed by atoms with Crippen LogP contribution >= 0.6 is 0 Å². The molecule has 2 aromatic carbocycles. The Morgan fingerprint density at radius 1 is 0.887 bits per heavy atom. The summed E-state index contributed by atoms with van der Waals surface area (Å²) < 4.78 is 33.8. The molecular formula is C40H51N5O7S. The molecule has 0 bridgehead atoms. The topological polar surface area (TPSA) is 154 Å². The first-order chi connectivity index (χ1) is 25.6. The third kappa shape index (κ3) is 7.56. The number of amides is 4. The molecule has 5 atom stereocenters. The lowest BCUT2D eigenvalue weighted by Crippen LogP contribution is -2.58. The molecule has 3 aliphatic heterocycles. The highest BCUT2D eigenvalue weighted by Crippen LogP contribution is 2.46. The number of carbonyl (C=O) groups is 4. The summed E-state index contributed by atoms with van der Waals surface area (Å²) in [5.41, 5.74) is 0.952. The summed E-state index contributed by atoms with van der Waals surface area (Å²) in [6, 6.07) is 10.6. The Morgan fingerprint density at radius 3 is 2.30 bits per heavy atom. The van der Waals surface area contributed by atoms with Gasteiger partial charge in [-0.2, -0.15) is 0 Å². The minimum atomic E-state index is -3.85. The van der Waals surface area contributed by atoms with Gasteiger partial charge in [-0.15, -0.1) is 0 Å². The highest BCUT2D eigenvalue weighted by molar-refractivity contribution is 7.91. The van der Waals surface area contributed by atoms with Crippen molar-refractivity contribution in [2.24, 2.45) is 5.92 Å². The van der Waals surface area contributed by atoms with E-state index in [9.17, 15) is 27.6 Å². The molecule has 4 amide bonds. The van der Waals surface area contributed by atoms with Gasteiger partial charge in [0.05, 0.1) is 5.25 Å². The molecule has 3 aliphatic carbocycles. The second-order valence-electron chi connectivity index (χ2n) is 16.1. The molecule has 6 aliphatic rings. The lowest BCUT2D eigenvalue weighted by Gasteiger charge is -2.34. The van der Waals surface area contributed by atoms with Crippen molar-refractivity contribution in [1.82, 2.24) is 25.2 Å². The van der Waals surface area contributed by atoms with E-state index in [-0.39, 0.29) is 36.9 Å². The van der Waals surface area contributed by atoms with E-state index in [0.717, 1.165) is 51.4 Å². The van der Waals surface area contributed by atoms with Crippen LogP contribution in [-0.4, -0.2) is 83.6 Å². The molecule has 53 heavy (non-hydrogen) atoms. The predicted octanol–water partition coefficient (Wildman–Crippen LogP) is 4.56. The maximum atomic E-state index is 14.7. The number of hydrogen-bond acceptors (Lipinski definition) is 8. The van der Waals surface area contributed by atoms with Crippen LogP contribution in [0.4, 0.5) is 4.79 Å². The highest BCUT2D eigenvalue weighted by Gasteiger charge is 2.62.